The summed E-state index contributed by atoms with van der Waals surface area (Å²) in [5.41, 5.74) is 37.7. The molecule has 0 fully saturated rings. The molecular weight excluding hydrogens is 1820 g/mol. The first-order chi connectivity index (χ1) is 73.8. The molecule has 0 saturated heterocycles. The zero-order valence-corrected chi connectivity index (χ0v) is 80.7. The third-order valence-corrected chi connectivity index (χ3v) is 28.5. The van der Waals surface area contributed by atoms with E-state index >= 15 is 0 Å². The summed E-state index contributed by atoms with van der Waals surface area (Å²) >= 11 is 0. The van der Waals surface area contributed by atoms with E-state index in [0.29, 0.717) is 17.5 Å². The van der Waals surface area contributed by atoms with Gasteiger partial charge in [0.2, 0.25) is 0 Å². The molecule has 0 saturated carbocycles. The van der Waals surface area contributed by atoms with Crippen LogP contribution < -0.4 is 0 Å². The second kappa shape index (κ2) is 39.0. The second-order valence-electron chi connectivity index (χ2n) is 37.4. The van der Waals surface area contributed by atoms with Crippen LogP contribution >= 0.6 is 0 Å². The van der Waals surface area contributed by atoms with Crippen LogP contribution in [0.1, 0.15) is 22.3 Å². The van der Waals surface area contributed by atoms with Crippen molar-refractivity contribution in [1.29, 1.82) is 0 Å². The Labute approximate surface area is 861 Å². The average molecular weight is 1910 g/mol. The van der Waals surface area contributed by atoms with E-state index in [1.165, 1.54) is 66.1 Å². The van der Waals surface area contributed by atoms with Gasteiger partial charge in [-0.25, -0.2) is 29.9 Å². The van der Waals surface area contributed by atoms with Crippen molar-refractivity contribution in [3.63, 3.8) is 0 Å². The van der Waals surface area contributed by atoms with Crippen molar-refractivity contribution in [2.24, 2.45) is 0 Å². The maximum Gasteiger partial charge on any atom is 0.164 e. The van der Waals surface area contributed by atoms with Crippen LogP contribution in [0.15, 0.2) is 550 Å². The highest BCUT2D eigenvalue weighted by Crippen LogP contribution is 2.57. The van der Waals surface area contributed by atoms with E-state index in [1.807, 2.05) is 110 Å². The van der Waals surface area contributed by atoms with Crippen molar-refractivity contribution in [1.82, 2.24) is 44.9 Å². The molecular formula is C138H89N9O2. The van der Waals surface area contributed by atoms with Gasteiger partial charge in [0.1, 0.15) is 22.3 Å². The van der Waals surface area contributed by atoms with E-state index in [4.69, 9.17) is 38.7 Å². The summed E-state index contributed by atoms with van der Waals surface area (Å²) in [6.07, 6.45) is 11.3. The Bertz CT molecular complexity index is 9640. The van der Waals surface area contributed by atoms with Gasteiger partial charge in [0, 0.05) is 109 Å². The molecule has 19 aromatic carbocycles. The van der Waals surface area contributed by atoms with Gasteiger partial charge >= 0.3 is 0 Å². The van der Waals surface area contributed by atoms with Crippen molar-refractivity contribution in [2.45, 2.75) is 5.41 Å². The predicted octanol–water partition coefficient (Wildman–Crippen LogP) is 35.1. The highest BCUT2D eigenvalue weighted by molar-refractivity contribution is 6.11. The average Bonchev–Trinajstić information content (AvgIpc) is 1.54. The first-order valence-corrected chi connectivity index (χ1v) is 50.0. The third kappa shape index (κ3) is 17.3. The first kappa shape index (κ1) is 89.1. The lowest BCUT2D eigenvalue weighted by Crippen LogP contribution is -2.28. The second-order valence-corrected chi connectivity index (χ2v) is 37.4. The van der Waals surface area contributed by atoms with Crippen LogP contribution in [0.5, 0.6) is 0 Å². The fraction of sp³-hybridized carbons (Fsp3) is 0.00725. The number of fused-ring (bicyclic) bond motifs is 11. The van der Waals surface area contributed by atoms with Crippen LogP contribution in [0.2, 0.25) is 0 Å². The zero-order chi connectivity index (χ0) is 98.9. The molecule has 8 aromatic heterocycles. The minimum Gasteiger partial charge on any atom is -0.455 e. The quantitative estimate of drug-likeness (QED) is 0.0860. The Kier molecular flexibility index (Phi) is 23.3. The molecule has 0 bridgehead atoms. The van der Waals surface area contributed by atoms with Crippen LogP contribution in [0.3, 0.4) is 0 Å². The fourth-order valence-corrected chi connectivity index (χ4v) is 21.2. The van der Waals surface area contributed by atoms with Crippen molar-refractivity contribution >= 4 is 65.4 Å². The predicted molar refractivity (Wildman–Crippen MR) is 608 cm³/mol. The number of para-hydroxylation sites is 4. The SMILES string of the molecule is c1ccc(-c2cccc(-c3nc(-c4ccccc4)cc(-c4cccc(-c5ccc6c(c5)C(c5ccccc5)(c5ccccc5)c5ccncc5-6)c4)n3)c2)cc1.c1ccc2cc(-c3ccc(-c4cc(-c5ccc(-c6ccncc6)cc5)nc(-c5cccc6c5oc5ccccc56)n4)cc3)ccc2c1.c1cncc(-c2cccc(-c3cc(-c4ccc(-c5cccc6ccccc56)cc4)nc(-c4cccc5c4oc4ccccc45)n3)c2)c1. The molecule has 698 valence electrons. The molecule has 27 aromatic rings. The monoisotopic (exact) mass is 1900 g/mol. The van der Waals surface area contributed by atoms with Crippen molar-refractivity contribution in [3.8, 4) is 180 Å². The van der Waals surface area contributed by atoms with E-state index < -0.39 is 5.41 Å². The molecule has 0 unspecified atom stereocenters. The fourth-order valence-electron chi connectivity index (χ4n) is 21.2. The topological polar surface area (TPSA) is 142 Å². The molecule has 0 atom stereocenters. The smallest absolute Gasteiger partial charge is 0.164 e. The number of hydrogen-bond donors (Lipinski definition) is 0. The summed E-state index contributed by atoms with van der Waals surface area (Å²) in [4.78, 5) is 44.1. The van der Waals surface area contributed by atoms with E-state index in [2.05, 4.69) is 440 Å². The summed E-state index contributed by atoms with van der Waals surface area (Å²) in [6.45, 7) is 0. The minimum atomic E-state index is -0.496. The van der Waals surface area contributed by atoms with Crippen LogP contribution in [-0.4, -0.2) is 44.9 Å². The van der Waals surface area contributed by atoms with E-state index in [1.54, 1.807) is 6.20 Å². The molecule has 8 heterocycles. The number of nitrogens with zero attached hydrogens (tertiary/aromatic N) is 9. The minimum absolute atomic E-state index is 0.496. The number of furan rings is 2. The van der Waals surface area contributed by atoms with Crippen LogP contribution in [0.25, 0.3) is 245 Å². The van der Waals surface area contributed by atoms with E-state index in [-0.39, 0.29) is 0 Å². The molecule has 11 heteroatoms. The number of rotatable bonds is 17. The molecule has 11 nitrogen and oxygen atoms in total. The summed E-state index contributed by atoms with van der Waals surface area (Å²) < 4.78 is 12.8. The Balaban J connectivity index is 0.000000113. The molecule has 1 aliphatic rings. The number of hydrogen-bond acceptors (Lipinski definition) is 11. The third-order valence-electron chi connectivity index (χ3n) is 28.5. The lowest BCUT2D eigenvalue weighted by atomic mass is 9.67. The van der Waals surface area contributed by atoms with Gasteiger partial charge in [-0.2, -0.15) is 0 Å². The summed E-state index contributed by atoms with van der Waals surface area (Å²) in [7, 11) is 0. The Morgan fingerprint density at radius 2 is 0.517 bits per heavy atom. The molecule has 0 N–H and O–H groups in total. The molecule has 0 aliphatic heterocycles. The number of benzene rings is 19. The van der Waals surface area contributed by atoms with Gasteiger partial charge in [-0.1, -0.05) is 406 Å². The van der Waals surface area contributed by atoms with Crippen molar-refractivity contribution < 1.29 is 8.83 Å². The lowest BCUT2D eigenvalue weighted by molar-refractivity contribution is 0.669. The first-order valence-electron chi connectivity index (χ1n) is 50.0. The van der Waals surface area contributed by atoms with Gasteiger partial charge in [0.25, 0.3) is 0 Å². The Hall–Kier alpha value is -20.0. The maximum atomic E-state index is 6.42. The van der Waals surface area contributed by atoms with Gasteiger partial charge in [-0.05, 0) is 208 Å². The van der Waals surface area contributed by atoms with Crippen LogP contribution in [0, 0.1) is 0 Å². The molecule has 1 aliphatic carbocycles. The van der Waals surface area contributed by atoms with Crippen LogP contribution in [0.4, 0.5) is 0 Å². The van der Waals surface area contributed by atoms with E-state index in [9.17, 15) is 0 Å². The molecule has 28 rings (SSSR count). The van der Waals surface area contributed by atoms with Gasteiger partial charge in [0.15, 0.2) is 17.5 Å². The van der Waals surface area contributed by atoms with Crippen LogP contribution in [-0.2, 0) is 5.41 Å². The number of aromatic nitrogens is 9. The largest absolute Gasteiger partial charge is 0.455 e. The van der Waals surface area contributed by atoms with Crippen molar-refractivity contribution in [2.75, 3.05) is 0 Å². The summed E-state index contributed by atoms with van der Waals surface area (Å²) in [5.74, 6) is 1.94. The van der Waals surface area contributed by atoms with Gasteiger partial charge in [-0.3, -0.25) is 15.0 Å². The Morgan fingerprint density at radius 1 is 0.161 bits per heavy atom. The normalized spacial score (nSPS) is 11.8. The summed E-state index contributed by atoms with van der Waals surface area (Å²) in [5, 5.41) is 9.19. The maximum absolute atomic E-state index is 6.42. The van der Waals surface area contributed by atoms with Crippen molar-refractivity contribution in [3.05, 3.63) is 563 Å². The van der Waals surface area contributed by atoms with Gasteiger partial charge in [0.05, 0.1) is 50.7 Å². The standard InChI is InChI=1S/C52H35N3.2C43H27N3O/c1-5-15-36(16-6-1)38-19-14-22-42(32-38)51-54-49(37-17-7-2-8-18-37)34-50(55-51)41-21-13-20-39(31-41)40-27-28-45-46-35-53-30-29-47(46)52(48(45)33-40,43-23-9-3-10-24-43)44-25-11-4-12-26-44;1-2-14-34-28(9-1)10-6-16-35(34)29-20-22-30(23-21-29)39-26-40(32-12-5-11-31(25-32)33-13-8-24-44-27-33)46-43(45-39)38-18-7-17-37-36-15-3-4-19-41(36)47-42(37)38;1-2-7-34-26-35(21-16-28(34)6-1)30-14-19-33(20-15-30)40-27-39(32-17-12-29(13-18-32)31-22-24-44-25-23-31)45-43(46-40)38-10-5-9-37-36-8-3-4-11-41(36)47-42(37)38/h1-35H;2*1-27H. The van der Waals surface area contributed by atoms with Gasteiger partial charge < -0.3 is 8.83 Å². The molecule has 0 radical (unpaired) electrons. The lowest BCUT2D eigenvalue weighted by Gasteiger charge is -2.34. The summed E-state index contributed by atoms with van der Waals surface area (Å²) in [6, 6.07) is 176. The highest BCUT2D eigenvalue weighted by Gasteiger charge is 2.46. The van der Waals surface area contributed by atoms with Gasteiger partial charge in [-0.15, -0.1) is 0 Å². The molecule has 0 amide bonds. The zero-order valence-electron chi connectivity index (χ0n) is 80.7. The number of pyridine rings is 3. The van der Waals surface area contributed by atoms with E-state index in [0.717, 1.165) is 184 Å². The molecule has 0 spiro atoms. The highest BCUT2D eigenvalue weighted by atomic mass is 16.3. The molecule has 149 heavy (non-hydrogen) atoms. The Morgan fingerprint density at radius 3 is 1.09 bits per heavy atom.